The van der Waals surface area contributed by atoms with E-state index in [-0.39, 0.29) is 5.69 Å². The van der Waals surface area contributed by atoms with Gasteiger partial charge in [-0.1, -0.05) is 24.3 Å². The predicted octanol–water partition coefficient (Wildman–Crippen LogP) is 4.29. The lowest BCUT2D eigenvalue weighted by Gasteiger charge is -2.00. The van der Waals surface area contributed by atoms with Gasteiger partial charge in [-0.3, -0.25) is 15.5 Å². The van der Waals surface area contributed by atoms with Gasteiger partial charge < -0.3 is 0 Å². The van der Waals surface area contributed by atoms with E-state index in [0.29, 0.717) is 11.5 Å². The highest BCUT2D eigenvalue weighted by molar-refractivity contribution is 5.89. The van der Waals surface area contributed by atoms with Crippen LogP contribution in [0.15, 0.2) is 90.3 Å². The van der Waals surface area contributed by atoms with Crippen molar-refractivity contribution in [2.24, 2.45) is 5.10 Å². The van der Waals surface area contributed by atoms with Crippen molar-refractivity contribution in [1.29, 1.82) is 0 Å². The predicted molar refractivity (Wildman–Crippen MR) is 111 cm³/mol. The van der Waals surface area contributed by atoms with Crippen LogP contribution in [0.1, 0.15) is 5.56 Å². The molecule has 0 spiro atoms. The fraction of sp³-hybridized carbons (Fsp3) is 0. The van der Waals surface area contributed by atoms with Crippen molar-refractivity contribution in [3.05, 3.63) is 101 Å². The lowest BCUT2D eigenvalue weighted by molar-refractivity contribution is -0.384. The summed E-state index contributed by atoms with van der Waals surface area (Å²) in [5.41, 5.74) is 5.98. The number of hydrazone groups is 1. The van der Waals surface area contributed by atoms with Gasteiger partial charge in [-0.25, -0.2) is 9.67 Å². The third-order valence-corrected chi connectivity index (χ3v) is 4.16. The zero-order valence-electron chi connectivity index (χ0n) is 15.2. The molecule has 29 heavy (non-hydrogen) atoms. The van der Waals surface area contributed by atoms with Gasteiger partial charge in [0, 0.05) is 35.7 Å². The van der Waals surface area contributed by atoms with Gasteiger partial charge in [-0.05, 0) is 36.4 Å². The van der Waals surface area contributed by atoms with E-state index in [1.807, 2.05) is 54.7 Å². The van der Waals surface area contributed by atoms with Crippen molar-refractivity contribution < 1.29 is 4.92 Å². The number of para-hydroxylation sites is 1. The van der Waals surface area contributed by atoms with Crippen LogP contribution in [-0.2, 0) is 0 Å². The second kappa shape index (κ2) is 8.13. The van der Waals surface area contributed by atoms with Gasteiger partial charge in [0.15, 0.2) is 0 Å². The molecule has 0 radical (unpaired) electrons. The third-order valence-electron chi connectivity index (χ3n) is 4.16. The highest BCUT2D eigenvalue weighted by Gasteiger charge is 2.13. The van der Waals surface area contributed by atoms with Gasteiger partial charge in [-0.15, -0.1) is 0 Å². The Morgan fingerprint density at radius 2 is 1.76 bits per heavy atom. The highest BCUT2D eigenvalue weighted by atomic mass is 16.6. The molecule has 0 aliphatic heterocycles. The summed E-state index contributed by atoms with van der Waals surface area (Å²) in [7, 11) is 0. The van der Waals surface area contributed by atoms with E-state index < -0.39 is 4.92 Å². The molecule has 4 rings (SSSR count). The number of aromatic nitrogens is 3. The SMILES string of the molecule is O=[N+]([O-])c1ccc(-c2nn(-c3ccccc3)cc2/C=N/Nc2ccccn2)cc1. The van der Waals surface area contributed by atoms with Crippen molar-refractivity contribution in [3.63, 3.8) is 0 Å². The van der Waals surface area contributed by atoms with E-state index in [1.165, 1.54) is 12.1 Å². The van der Waals surface area contributed by atoms with Crippen molar-refractivity contribution >= 4 is 17.7 Å². The molecular weight excluding hydrogens is 368 g/mol. The number of benzene rings is 2. The number of hydrogen-bond acceptors (Lipinski definition) is 6. The van der Waals surface area contributed by atoms with E-state index in [9.17, 15) is 10.1 Å². The van der Waals surface area contributed by atoms with Crippen LogP contribution in [0.3, 0.4) is 0 Å². The maximum Gasteiger partial charge on any atom is 0.269 e. The Morgan fingerprint density at radius 1 is 1.00 bits per heavy atom. The van der Waals surface area contributed by atoms with Gasteiger partial charge >= 0.3 is 0 Å². The lowest BCUT2D eigenvalue weighted by Crippen LogP contribution is -1.94. The van der Waals surface area contributed by atoms with Gasteiger partial charge in [0.1, 0.15) is 11.5 Å². The van der Waals surface area contributed by atoms with Crippen molar-refractivity contribution in [1.82, 2.24) is 14.8 Å². The Bertz CT molecular complexity index is 1140. The summed E-state index contributed by atoms with van der Waals surface area (Å²) in [6, 6.07) is 21.5. The van der Waals surface area contributed by atoms with Crippen LogP contribution in [0, 0.1) is 10.1 Å². The lowest BCUT2D eigenvalue weighted by atomic mass is 10.1. The molecule has 2 aromatic carbocycles. The first kappa shape index (κ1) is 18.1. The Balaban J connectivity index is 1.70. The Kier molecular flexibility index (Phi) is 5.06. The van der Waals surface area contributed by atoms with E-state index in [4.69, 9.17) is 0 Å². The molecule has 0 aliphatic carbocycles. The molecule has 0 bridgehead atoms. The number of nitro benzene ring substituents is 1. The highest BCUT2D eigenvalue weighted by Crippen LogP contribution is 2.25. The molecule has 1 N–H and O–H groups in total. The maximum absolute atomic E-state index is 10.9. The van der Waals surface area contributed by atoms with Gasteiger partial charge in [0.05, 0.1) is 16.8 Å². The molecule has 0 amide bonds. The molecule has 2 heterocycles. The van der Waals surface area contributed by atoms with E-state index in [2.05, 4.69) is 20.6 Å². The van der Waals surface area contributed by atoms with Crippen LogP contribution in [-0.4, -0.2) is 25.9 Å². The molecule has 142 valence electrons. The minimum Gasteiger partial charge on any atom is -0.261 e. The number of hydrogen-bond donors (Lipinski definition) is 1. The van der Waals surface area contributed by atoms with E-state index >= 15 is 0 Å². The molecule has 0 atom stereocenters. The zero-order valence-corrected chi connectivity index (χ0v) is 15.2. The minimum absolute atomic E-state index is 0.0308. The van der Waals surface area contributed by atoms with Crippen LogP contribution in [0.2, 0.25) is 0 Å². The van der Waals surface area contributed by atoms with Gasteiger partial charge in [0.25, 0.3) is 5.69 Å². The summed E-state index contributed by atoms with van der Waals surface area (Å²) in [6.07, 6.45) is 5.18. The molecular formula is C21H16N6O2. The molecule has 2 aromatic heterocycles. The monoisotopic (exact) mass is 384 g/mol. The Morgan fingerprint density at radius 3 is 2.45 bits per heavy atom. The van der Waals surface area contributed by atoms with Gasteiger partial charge in [0.2, 0.25) is 0 Å². The van der Waals surface area contributed by atoms with Crippen LogP contribution in [0.25, 0.3) is 16.9 Å². The molecule has 0 saturated heterocycles. The fourth-order valence-corrected chi connectivity index (χ4v) is 2.76. The average Bonchev–Trinajstić information content (AvgIpc) is 3.19. The standard InChI is InChI=1S/C21H16N6O2/c28-27(29)19-11-9-16(10-12-19)21-17(14-23-24-20-8-4-5-13-22-20)15-26(25-21)18-6-2-1-3-7-18/h1-15H,(H,22,24)/b23-14+. The molecule has 0 unspecified atom stereocenters. The summed E-state index contributed by atoms with van der Waals surface area (Å²) in [5.74, 6) is 0.621. The first-order valence-electron chi connectivity index (χ1n) is 8.81. The normalized spacial score (nSPS) is 10.9. The van der Waals surface area contributed by atoms with Crippen molar-refractivity contribution in [2.75, 3.05) is 5.43 Å². The molecule has 8 nitrogen and oxygen atoms in total. The van der Waals surface area contributed by atoms with E-state index in [1.54, 1.807) is 29.2 Å². The smallest absolute Gasteiger partial charge is 0.261 e. The summed E-state index contributed by atoms with van der Waals surface area (Å²) < 4.78 is 1.75. The van der Waals surface area contributed by atoms with Crippen molar-refractivity contribution in [2.45, 2.75) is 0 Å². The molecule has 0 saturated carbocycles. The summed E-state index contributed by atoms with van der Waals surface area (Å²) in [4.78, 5) is 14.7. The number of rotatable bonds is 6. The number of anilines is 1. The molecule has 4 aromatic rings. The maximum atomic E-state index is 10.9. The number of pyridine rings is 1. The topological polar surface area (TPSA) is 98.2 Å². The number of nitrogens with one attached hydrogen (secondary N) is 1. The summed E-state index contributed by atoms with van der Waals surface area (Å²) in [5, 5.41) is 19.8. The number of nitro groups is 1. The number of nitrogens with zero attached hydrogens (tertiary/aromatic N) is 5. The molecule has 8 heteroatoms. The first-order valence-corrected chi connectivity index (χ1v) is 8.81. The van der Waals surface area contributed by atoms with Crippen molar-refractivity contribution in [3.8, 4) is 16.9 Å². The quantitative estimate of drug-likeness (QED) is 0.304. The van der Waals surface area contributed by atoms with E-state index in [0.717, 1.165) is 16.8 Å². The minimum atomic E-state index is -0.425. The van der Waals surface area contributed by atoms with Crippen LogP contribution in [0.5, 0.6) is 0 Å². The second-order valence-corrected chi connectivity index (χ2v) is 6.10. The average molecular weight is 384 g/mol. The second-order valence-electron chi connectivity index (χ2n) is 6.10. The first-order chi connectivity index (χ1) is 14.2. The largest absolute Gasteiger partial charge is 0.269 e. The number of non-ortho nitro benzene ring substituents is 1. The Labute approximate surface area is 166 Å². The molecule has 0 aliphatic rings. The summed E-state index contributed by atoms with van der Waals surface area (Å²) in [6.45, 7) is 0. The zero-order chi connectivity index (χ0) is 20.1. The van der Waals surface area contributed by atoms with Crippen LogP contribution in [0.4, 0.5) is 11.5 Å². The Hall–Kier alpha value is -4.33. The van der Waals surface area contributed by atoms with Crippen LogP contribution < -0.4 is 5.43 Å². The van der Waals surface area contributed by atoms with Gasteiger partial charge in [-0.2, -0.15) is 10.2 Å². The molecule has 0 fully saturated rings. The van der Waals surface area contributed by atoms with Crippen LogP contribution >= 0.6 is 0 Å². The summed E-state index contributed by atoms with van der Waals surface area (Å²) >= 11 is 0. The fourth-order valence-electron chi connectivity index (χ4n) is 2.76. The third kappa shape index (κ3) is 4.16.